The van der Waals surface area contributed by atoms with E-state index in [0.29, 0.717) is 16.0 Å². The van der Waals surface area contributed by atoms with Gasteiger partial charge in [0.05, 0.1) is 11.8 Å². The molecule has 0 atom stereocenters. The van der Waals surface area contributed by atoms with Gasteiger partial charge >= 0.3 is 5.69 Å². The first-order chi connectivity index (χ1) is 11.1. The molecule has 2 N–H and O–H groups in total. The van der Waals surface area contributed by atoms with E-state index in [2.05, 4.69) is 10.3 Å². The van der Waals surface area contributed by atoms with E-state index in [0.717, 1.165) is 4.57 Å². The van der Waals surface area contributed by atoms with Gasteiger partial charge in [0.25, 0.3) is 5.56 Å². The van der Waals surface area contributed by atoms with Gasteiger partial charge in [-0.15, -0.1) is 11.3 Å². The molecule has 0 aliphatic heterocycles. The first-order valence-corrected chi connectivity index (χ1v) is 7.73. The maximum atomic E-state index is 12.2. The number of rotatable bonds is 5. The molecule has 3 rings (SSSR count). The van der Waals surface area contributed by atoms with E-state index in [1.807, 2.05) is 0 Å². The topological polar surface area (TPSA) is 97.1 Å². The van der Waals surface area contributed by atoms with Crippen LogP contribution in [-0.2, 0) is 11.3 Å². The monoisotopic (exact) mass is 331 g/mol. The number of hydrogen-bond donors (Lipinski definition) is 2. The van der Waals surface area contributed by atoms with Crippen molar-refractivity contribution >= 4 is 33.5 Å². The molecule has 0 unspecified atom stereocenters. The molecule has 0 aromatic carbocycles. The molecular formula is C15H13N3O4S. The maximum Gasteiger partial charge on any atom is 0.328 e. The van der Waals surface area contributed by atoms with Gasteiger partial charge in [0.1, 0.15) is 10.5 Å². The lowest BCUT2D eigenvalue weighted by Crippen LogP contribution is -2.38. The van der Waals surface area contributed by atoms with E-state index in [1.165, 1.54) is 29.8 Å². The van der Waals surface area contributed by atoms with Crippen LogP contribution < -0.4 is 16.6 Å². The number of amides is 1. The van der Waals surface area contributed by atoms with Crippen LogP contribution in [0.1, 0.15) is 5.76 Å². The van der Waals surface area contributed by atoms with Gasteiger partial charge in [-0.2, -0.15) is 0 Å². The molecule has 8 heteroatoms. The van der Waals surface area contributed by atoms with Crippen molar-refractivity contribution in [2.75, 3.05) is 6.54 Å². The van der Waals surface area contributed by atoms with Crippen molar-refractivity contribution in [2.45, 2.75) is 6.54 Å². The highest BCUT2D eigenvalue weighted by Gasteiger charge is 2.08. The number of carbonyl (C=O) groups is 1. The second-order valence-corrected chi connectivity index (χ2v) is 5.61. The number of thiophene rings is 1. The standard InChI is InChI=1S/C15H13N3O4S/c19-12(4-3-10-2-1-8-22-10)16-6-7-18-14(20)13-11(5-9-23-13)17-15(18)21/h1-5,8-9H,6-7H2,(H,16,19)(H,17,21). The van der Waals surface area contributed by atoms with Gasteiger partial charge in [-0.3, -0.25) is 14.2 Å². The Hall–Kier alpha value is -2.87. The average molecular weight is 331 g/mol. The van der Waals surface area contributed by atoms with Crippen molar-refractivity contribution in [3.05, 3.63) is 62.5 Å². The molecule has 0 fully saturated rings. The van der Waals surface area contributed by atoms with Gasteiger partial charge in [-0.1, -0.05) is 0 Å². The molecule has 0 bridgehead atoms. The predicted molar refractivity (Wildman–Crippen MR) is 87.5 cm³/mol. The van der Waals surface area contributed by atoms with Gasteiger partial charge in [-0.05, 0) is 29.7 Å². The van der Waals surface area contributed by atoms with Crippen LogP contribution in [0.25, 0.3) is 16.3 Å². The third-order valence-corrected chi connectivity index (χ3v) is 4.07. The van der Waals surface area contributed by atoms with E-state index in [1.54, 1.807) is 23.6 Å². The Morgan fingerprint density at radius 3 is 3.04 bits per heavy atom. The molecule has 0 saturated carbocycles. The van der Waals surface area contributed by atoms with Crippen molar-refractivity contribution in [1.82, 2.24) is 14.9 Å². The van der Waals surface area contributed by atoms with E-state index in [4.69, 9.17) is 4.42 Å². The first-order valence-electron chi connectivity index (χ1n) is 6.85. The fraction of sp³-hybridized carbons (Fsp3) is 0.133. The summed E-state index contributed by atoms with van der Waals surface area (Å²) in [4.78, 5) is 38.4. The number of aromatic amines is 1. The molecule has 23 heavy (non-hydrogen) atoms. The zero-order chi connectivity index (χ0) is 16.2. The number of nitrogens with one attached hydrogen (secondary N) is 2. The highest BCUT2D eigenvalue weighted by Crippen LogP contribution is 2.11. The third-order valence-electron chi connectivity index (χ3n) is 3.17. The zero-order valence-electron chi connectivity index (χ0n) is 11.9. The minimum absolute atomic E-state index is 0.0995. The number of H-pyrrole nitrogens is 1. The quantitative estimate of drug-likeness (QED) is 0.686. The molecule has 118 valence electrons. The van der Waals surface area contributed by atoms with E-state index in [-0.39, 0.29) is 24.6 Å². The van der Waals surface area contributed by atoms with Gasteiger partial charge in [-0.25, -0.2) is 4.79 Å². The minimum Gasteiger partial charge on any atom is -0.465 e. The van der Waals surface area contributed by atoms with Crippen LogP contribution in [0.3, 0.4) is 0 Å². The van der Waals surface area contributed by atoms with Gasteiger partial charge in [0.2, 0.25) is 5.91 Å². The Labute approximate surface area is 133 Å². The molecule has 0 spiro atoms. The van der Waals surface area contributed by atoms with Crippen LogP contribution in [0.5, 0.6) is 0 Å². The van der Waals surface area contributed by atoms with Crippen LogP contribution in [0.15, 0.2) is 49.9 Å². The highest BCUT2D eigenvalue weighted by atomic mass is 32.1. The summed E-state index contributed by atoms with van der Waals surface area (Å²) < 4.78 is 6.64. The van der Waals surface area contributed by atoms with Crippen molar-refractivity contribution in [3.63, 3.8) is 0 Å². The van der Waals surface area contributed by atoms with Crippen molar-refractivity contribution in [1.29, 1.82) is 0 Å². The molecule has 0 saturated heterocycles. The average Bonchev–Trinajstić information content (AvgIpc) is 3.19. The van der Waals surface area contributed by atoms with E-state index in [9.17, 15) is 14.4 Å². The maximum absolute atomic E-state index is 12.2. The number of furan rings is 1. The fourth-order valence-electron chi connectivity index (χ4n) is 2.07. The SMILES string of the molecule is O=C(C=Cc1ccco1)NCCn1c(=O)[nH]c2ccsc2c1=O. The second kappa shape index (κ2) is 6.49. The Kier molecular flexibility index (Phi) is 4.24. The van der Waals surface area contributed by atoms with Crippen LogP contribution >= 0.6 is 11.3 Å². The smallest absolute Gasteiger partial charge is 0.328 e. The minimum atomic E-state index is -0.485. The number of carbonyl (C=O) groups excluding carboxylic acids is 1. The molecule has 0 aliphatic rings. The Morgan fingerprint density at radius 1 is 1.39 bits per heavy atom. The molecule has 0 aliphatic carbocycles. The van der Waals surface area contributed by atoms with Crippen LogP contribution in [-0.4, -0.2) is 22.0 Å². The summed E-state index contributed by atoms with van der Waals surface area (Å²) in [7, 11) is 0. The van der Waals surface area contributed by atoms with Gasteiger partial charge in [0.15, 0.2) is 0 Å². The Balaban J connectivity index is 1.64. The third kappa shape index (κ3) is 3.32. The number of fused-ring (bicyclic) bond motifs is 1. The fourth-order valence-corrected chi connectivity index (χ4v) is 2.86. The summed E-state index contributed by atoms with van der Waals surface area (Å²) >= 11 is 1.27. The lowest BCUT2D eigenvalue weighted by Gasteiger charge is -2.05. The summed E-state index contributed by atoms with van der Waals surface area (Å²) in [5.41, 5.74) is -0.299. The summed E-state index contributed by atoms with van der Waals surface area (Å²) in [6, 6.07) is 5.13. The highest BCUT2D eigenvalue weighted by molar-refractivity contribution is 7.17. The van der Waals surface area contributed by atoms with Crippen molar-refractivity contribution in [2.24, 2.45) is 0 Å². The molecular weight excluding hydrogens is 318 g/mol. The normalized spacial score (nSPS) is 11.3. The van der Waals surface area contributed by atoms with E-state index >= 15 is 0 Å². The van der Waals surface area contributed by atoms with Crippen molar-refractivity contribution < 1.29 is 9.21 Å². The van der Waals surface area contributed by atoms with Gasteiger partial charge < -0.3 is 14.7 Å². The summed E-state index contributed by atoms with van der Waals surface area (Å²) in [6.45, 7) is 0.267. The molecule has 3 aromatic rings. The van der Waals surface area contributed by atoms with Crippen molar-refractivity contribution in [3.8, 4) is 0 Å². The van der Waals surface area contributed by atoms with Crippen LogP contribution in [0.2, 0.25) is 0 Å². The molecule has 7 nitrogen and oxygen atoms in total. The van der Waals surface area contributed by atoms with E-state index < -0.39 is 5.69 Å². The molecule has 0 radical (unpaired) electrons. The molecule has 3 aromatic heterocycles. The second-order valence-electron chi connectivity index (χ2n) is 4.69. The molecule has 1 amide bonds. The number of nitrogens with zero attached hydrogens (tertiary/aromatic N) is 1. The lowest BCUT2D eigenvalue weighted by atomic mass is 10.4. The Morgan fingerprint density at radius 2 is 2.26 bits per heavy atom. The largest absolute Gasteiger partial charge is 0.465 e. The van der Waals surface area contributed by atoms with Gasteiger partial charge in [0, 0.05) is 19.2 Å². The summed E-state index contributed by atoms with van der Waals surface area (Å²) in [5.74, 6) is 0.235. The first kappa shape index (κ1) is 15.0. The van der Waals surface area contributed by atoms with Crippen LogP contribution in [0.4, 0.5) is 0 Å². The van der Waals surface area contributed by atoms with Crippen LogP contribution in [0, 0.1) is 0 Å². The lowest BCUT2D eigenvalue weighted by molar-refractivity contribution is -0.116. The summed E-state index contributed by atoms with van der Waals surface area (Å²) in [6.07, 6.45) is 4.37. The Bertz CT molecular complexity index is 963. The zero-order valence-corrected chi connectivity index (χ0v) is 12.8. The molecule has 3 heterocycles. The summed E-state index contributed by atoms with van der Waals surface area (Å²) in [5, 5.41) is 4.36. The predicted octanol–water partition coefficient (Wildman–Crippen LogP) is 1.17. The number of aromatic nitrogens is 2. The number of hydrogen-bond acceptors (Lipinski definition) is 5.